The molecule has 1 aliphatic heterocycles. The largest absolute Gasteiger partial charge is 0.494 e. The van der Waals surface area contributed by atoms with Gasteiger partial charge in [-0.2, -0.15) is 4.31 Å². The lowest BCUT2D eigenvalue weighted by Gasteiger charge is -2.26. The maximum Gasteiger partial charge on any atom is 0.243 e. The summed E-state index contributed by atoms with van der Waals surface area (Å²) in [5.41, 5.74) is 0. The van der Waals surface area contributed by atoms with Gasteiger partial charge in [-0.25, -0.2) is 8.42 Å². The Hall–Kier alpha value is -0.820. The summed E-state index contributed by atoms with van der Waals surface area (Å²) in [7, 11) is -3.36. The van der Waals surface area contributed by atoms with Gasteiger partial charge in [-0.15, -0.1) is 12.4 Å². The van der Waals surface area contributed by atoms with Crippen molar-refractivity contribution >= 4 is 22.4 Å². The first-order valence-corrected chi connectivity index (χ1v) is 7.52. The smallest absolute Gasteiger partial charge is 0.243 e. The first-order valence-electron chi connectivity index (χ1n) is 6.08. The number of piperazine rings is 1. The molecule has 0 radical (unpaired) electrons. The van der Waals surface area contributed by atoms with Crippen LogP contribution in [-0.2, 0) is 10.0 Å². The summed E-state index contributed by atoms with van der Waals surface area (Å²) >= 11 is 0. The summed E-state index contributed by atoms with van der Waals surface area (Å²) < 4.78 is 31.4. The second-order valence-electron chi connectivity index (χ2n) is 4.06. The van der Waals surface area contributed by atoms with E-state index < -0.39 is 10.0 Å². The predicted octanol–water partition coefficient (Wildman–Crippen LogP) is 1.10. The molecular formula is C12H19ClN2O3S. The fourth-order valence-corrected chi connectivity index (χ4v) is 3.35. The highest BCUT2D eigenvalue weighted by Gasteiger charge is 2.25. The number of rotatable bonds is 4. The van der Waals surface area contributed by atoms with E-state index in [2.05, 4.69) is 5.32 Å². The zero-order chi connectivity index (χ0) is 13.0. The topological polar surface area (TPSA) is 58.6 Å². The maximum absolute atomic E-state index is 12.3. The Balaban J connectivity index is 0.00000180. The summed E-state index contributed by atoms with van der Waals surface area (Å²) in [4.78, 5) is 0.327. The molecule has 1 fully saturated rings. The molecule has 1 saturated heterocycles. The molecule has 1 aliphatic rings. The van der Waals surface area contributed by atoms with Crippen LogP contribution in [0.25, 0.3) is 0 Å². The maximum atomic E-state index is 12.3. The quantitative estimate of drug-likeness (QED) is 0.905. The van der Waals surface area contributed by atoms with Crippen molar-refractivity contribution in [1.29, 1.82) is 0 Å². The lowest BCUT2D eigenvalue weighted by molar-refractivity contribution is 0.339. The van der Waals surface area contributed by atoms with Crippen molar-refractivity contribution in [3.8, 4) is 5.75 Å². The zero-order valence-corrected chi connectivity index (χ0v) is 12.5. The molecule has 0 unspecified atom stereocenters. The molecule has 0 saturated carbocycles. The van der Waals surface area contributed by atoms with Crippen molar-refractivity contribution in [3.63, 3.8) is 0 Å². The fourth-order valence-electron chi connectivity index (χ4n) is 1.91. The highest BCUT2D eigenvalue weighted by atomic mass is 35.5. The number of sulfonamides is 1. The molecule has 108 valence electrons. The van der Waals surface area contributed by atoms with Crippen LogP contribution in [0, 0.1) is 0 Å². The number of halogens is 1. The van der Waals surface area contributed by atoms with Gasteiger partial charge in [0.25, 0.3) is 0 Å². The van der Waals surface area contributed by atoms with Crippen molar-refractivity contribution in [2.45, 2.75) is 11.8 Å². The summed E-state index contributed by atoms with van der Waals surface area (Å²) in [6, 6.07) is 6.59. The molecule has 0 spiro atoms. The number of nitrogens with zero attached hydrogens (tertiary/aromatic N) is 1. The second-order valence-corrected chi connectivity index (χ2v) is 6.00. The molecule has 1 N–H and O–H groups in total. The number of benzene rings is 1. The third-order valence-electron chi connectivity index (χ3n) is 2.85. The molecule has 5 nitrogen and oxygen atoms in total. The Morgan fingerprint density at radius 1 is 1.21 bits per heavy atom. The molecule has 19 heavy (non-hydrogen) atoms. The van der Waals surface area contributed by atoms with Crippen molar-refractivity contribution in [1.82, 2.24) is 9.62 Å². The molecule has 0 aromatic heterocycles. The minimum atomic E-state index is -3.36. The van der Waals surface area contributed by atoms with Crippen LogP contribution in [0.2, 0.25) is 0 Å². The van der Waals surface area contributed by atoms with Crippen LogP contribution in [0.1, 0.15) is 6.92 Å². The van der Waals surface area contributed by atoms with Gasteiger partial charge in [0.05, 0.1) is 11.5 Å². The molecule has 0 aliphatic carbocycles. The van der Waals surface area contributed by atoms with E-state index in [1.165, 1.54) is 4.31 Å². The molecule has 0 atom stereocenters. The Morgan fingerprint density at radius 3 is 2.32 bits per heavy atom. The third kappa shape index (κ3) is 3.82. The molecule has 2 rings (SSSR count). The van der Waals surface area contributed by atoms with E-state index in [-0.39, 0.29) is 12.4 Å². The number of hydrogen-bond acceptors (Lipinski definition) is 4. The Bertz CT molecular complexity index is 484. The van der Waals surface area contributed by atoms with E-state index in [1.807, 2.05) is 6.92 Å². The first-order chi connectivity index (χ1) is 8.64. The molecule has 1 aromatic rings. The van der Waals surface area contributed by atoms with Crippen LogP contribution >= 0.6 is 12.4 Å². The van der Waals surface area contributed by atoms with Gasteiger partial charge >= 0.3 is 0 Å². The number of nitrogens with one attached hydrogen (secondary N) is 1. The van der Waals surface area contributed by atoms with Crippen molar-refractivity contribution in [2.24, 2.45) is 0 Å². The highest BCUT2D eigenvalue weighted by molar-refractivity contribution is 7.89. The first kappa shape index (κ1) is 16.2. The highest BCUT2D eigenvalue weighted by Crippen LogP contribution is 2.19. The second kappa shape index (κ2) is 7.09. The number of hydrogen-bond donors (Lipinski definition) is 1. The van der Waals surface area contributed by atoms with Gasteiger partial charge in [-0.1, -0.05) is 0 Å². The fraction of sp³-hybridized carbons (Fsp3) is 0.500. The van der Waals surface area contributed by atoms with Gasteiger partial charge < -0.3 is 10.1 Å². The van der Waals surface area contributed by atoms with Gasteiger partial charge in [-0.05, 0) is 31.2 Å². The van der Waals surface area contributed by atoms with Crippen molar-refractivity contribution < 1.29 is 13.2 Å². The van der Waals surface area contributed by atoms with Gasteiger partial charge in [-0.3, -0.25) is 0 Å². The minimum Gasteiger partial charge on any atom is -0.494 e. The minimum absolute atomic E-state index is 0. The number of ether oxygens (including phenoxy) is 1. The van der Waals surface area contributed by atoms with E-state index in [0.29, 0.717) is 43.4 Å². The SMILES string of the molecule is CCOc1ccc(S(=O)(=O)N2CCNCC2)cc1.Cl. The third-order valence-corrected chi connectivity index (χ3v) is 4.76. The van der Waals surface area contributed by atoms with Crippen LogP contribution in [0.5, 0.6) is 5.75 Å². The van der Waals surface area contributed by atoms with Gasteiger partial charge in [0.15, 0.2) is 0 Å². The molecule has 0 bridgehead atoms. The monoisotopic (exact) mass is 306 g/mol. The molecule has 7 heteroatoms. The lowest BCUT2D eigenvalue weighted by atomic mass is 10.3. The zero-order valence-electron chi connectivity index (χ0n) is 10.8. The Morgan fingerprint density at radius 2 is 1.79 bits per heavy atom. The lowest BCUT2D eigenvalue weighted by Crippen LogP contribution is -2.46. The summed E-state index contributed by atoms with van der Waals surface area (Å²) in [6.07, 6.45) is 0. The van der Waals surface area contributed by atoms with Crippen LogP contribution in [0.15, 0.2) is 29.2 Å². The standard InChI is InChI=1S/C12H18N2O3S.ClH/c1-2-17-11-3-5-12(6-4-11)18(15,16)14-9-7-13-8-10-14;/h3-6,13H,2,7-10H2,1H3;1H. The van der Waals surface area contributed by atoms with Gasteiger partial charge in [0, 0.05) is 26.2 Å². The summed E-state index contributed by atoms with van der Waals surface area (Å²) in [6.45, 7) is 4.92. The molecule has 0 amide bonds. The van der Waals surface area contributed by atoms with Gasteiger partial charge in [0.1, 0.15) is 5.75 Å². The van der Waals surface area contributed by atoms with E-state index in [0.717, 1.165) is 0 Å². The summed E-state index contributed by atoms with van der Waals surface area (Å²) in [5.74, 6) is 0.691. The van der Waals surface area contributed by atoms with Crippen LogP contribution in [0.4, 0.5) is 0 Å². The van der Waals surface area contributed by atoms with Crippen LogP contribution in [-0.4, -0.2) is 45.5 Å². The Labute approximate surface area is 120 Å². The van der Waals surface area contributed by atoms with Gasteiger partial charge in [0.2, 0.25) is 10.0 Å². The molecule has 1 aromatic carbocycles. The van der Waals surface area contributed by atoms with Crippen molar-refractivity contribution in [3.05, 3.63) is 24.3 Å². The normalized spacial score (nSPS) is 16.7. The average Bonchev–Trinajstić information content (AvgIpc) is 2.41. The predicted molar refractivity (Wildman–Crippen MR) is 76.5 cm³/mol. The van der Waals surface area contributed by atoms with E-state index in [1.54, 1.807) is 24.3 Å². The van der Waals surface area contributed by atoms with E-state index >= 15 is 0 Å². The Kier molecular flexibility index (Phi) is 6.06. The summed E-state index contributed by atoms with van der Waals surface area (Å²) in [5, 5.41) is 3.14. The molecule has 1 heterocycles. The van der Waals surface area contributed by atoms with Crippen LogP contribution < -0.4 is 10.1 Å². The average molecular weight is 307 g/mol. The van der Waals surface area contributed by atoms with E-state index in [4.69, 9.17) is 4.74 Å². The molecular weight excluding hydrogens is 288 g/mol. The van der Waals surface area contributed by atoms with E-state index in [9.17, 15) is 8.42 Å². The van der Waals surface area contributed by atoms with Crippen LogP contribution in [0.3, 0.4) is 0 Å². The van der Waals surface area contributed by atoms with Crippen molar-refractivity contribution in [2.75, 3.05) is 32.8 Å².